The molecule has 0 aliphatic carbocycles. The highest BCUT2D eigenvalue weighted by atomic mass is 16.2. The van der Waals surface area contributed by atoms with Crippen LogP contribution >= 0.6 is 0 Å². The molecule has 0 aromatic heterocycles. The zero-order valence-electron chi connectivity index (χ0n) is 11.4. The number of aryl methyl sites for hydroxylation is 1. The van der Waals surface area contributed by atoms with Gasteiger partial charge in [0.25, 0.3) is 0 Å². The molecule has 3 heteroatoms. The van der Waals surface area contributed by atoms with E-state index in [1.54, 1.807) is 0 Å². The van der Waals surface area contributed by atoms with Crippen LogP contribution < -0.4 is 11.1 Å². The van der Waals surface area contributed by atoms with E-state index in [0.717, 1.165) is 19.3 Å². The minimum atomic E-state index is -0.316. The van der Waals surface area contributed by atoms with Crippen molar-refractivity contribution in [3.8, 4) is 0 Å². The molecule has 1 aromatic rings. The third kappa shape index (κ3) is 4.88. The zero-order chi connectivity index (χ0) is 13.4. The molecule has 0 unspecified atom stereocenters. The summed E-state index contributed by atoms with van der Waals surface area (Å²) in [7, 11) is 0. The molecule has 1 aromatic carbocycles. The first-order chi connectivity index (χ1) is 8.56. The maximum Gasteiger partial charge on any atom is 0.225 e. The van der Waals surface area contributed by atoms with Crippen molar-refractivity contribution in [1.82, 2.24) is 5.32 Å². The van der Waals surface area contributed by atoms with E-state index in [2.05, 4.69) is 29.6 Å². The summed E-state index contributed by atoms with van der Waals surface area (Å²) < 4.78 is 0. The van der Waals surface area contributed by atoms with Gasteiger partial charge in [0.05, 0.1) is 0 Å². The molecule has 0 aliphatic rings. The molecule has 1 rings (SSSR count). The Hall–Kier alpha value is -1.35. The van der Waals surface area contributed by atoms with Gasteiger partial charge < -0.3 is 11.1 Å². The third-order valence-electron chi connectivity index (χ3n) is 3.15. The van der Waals surface area contributed by atoms with Gasteiger partial charge in [0, 0.05) is 18.5 Å². The summed E-state index contributed by atoms with van der Waals surface area (Å²) in [5.41, 5.74) is 6.40. The van der Waals surface area contributed by atoms with Gasteiger partial charge in [-0.25, -0.2) is 0 Å². The van der Waals surface area contributed by atoms with Crippen molar-refractivity contribution in [2.75, 3.05) is 13.1 Å². The molecule has 0 saturated heterocycles. The minimum Gasteiger partial charge on any atom is -0.354 e. The smallest absolute Gasteiger partial charge is 0.225 e. The second-order valence-electron chi connectivity index (χ2n) is 5.27. The number of carbonyl (C=O) groups excluding carboxylic acids is 1. The SMILES string of the molecule is CC(C)(CCCc1ccccc1)C(=O)NCCN. The largest absolute Gasteiger partial charge is 0.354 e. The number of amides is 1. The predicted octanol–water partition coefficient (Wildman–Crippen LogP) is 2.11. The van der Waals surface area contributed by atoms with Gasteiger partial charge in [-0.2, -0.15) is 0 Å². The standard InChI is InChI=1S/C15H24N2O/c1-15(2,14(18)17-12-11-16)10-6-9-13-7-4-3-5-8-13/h3-5,7-8H,6,9-12,16H2,1-2H3,(H,17,18). The molecule has 0 atom stereocenters. The maximum absolute atomic E-state index is 11.9. The fourth-order valence-corrected chi connectivity index (χ4v) is 1.92. The summed E-state index contributed by atoms with van der Waals surface area (Å²) in [6, 6.07) is 10.4. The fraction of sp³-hybridized carbons (Fsp3) is 0.533. The number of nitrogens with one attached hydrogen (secondary N) is 1. The van der Waals surface area contributed by atoms with Gasteiger partial charge in [0.15, 0.2) is 0 Å². The van der Waals surface area contributed by atoms with Crippen LogP contribution in [-0.4, -0.2) is 19.0 Å². The lowest BCUT2D eigenvalue weighted by molar-refractivity contribution is -0.129. The van der Waals surface area contributed by atoms with E-state index < -0.39 is 0 Å². The lowest BCUT2D eigenvalue weighted by Crippen LogP contribution is -2.39. The van der Waals surface area contributed by atoms with Crippen molar-refractivity contribution in [2.45, 2.75) is 33.1 Å². The average molecular weight is 248 g/mol. The van der Waals surface area contributed by atoms with Crippen molar-refractivity contribution >= 4 is 5.91 Å². The second kappa shape index (κ2) is 7.17. The molecular weight excluding hydrogens is 224 g/mol. The van der Waals surface area contributed by atoms with Crippen molar-refractivity contribution in [3.63, 3.8) is 0 Å². The Labute approximate surface area is 110 Å². The number of hydrogen-bond acceptors (Lipinski definition) is 2. The zero-order valence-corrected chi connectivity index (χ0v) is 11.4. The molecule has 0 spiro atoms. The molecule has 0 aliphatic heterocycles. The number of hydrogen-bond donors (Lipinski definition) is 2. The summed E-state index contributed by atoms with van der Waals surface area (Å²) in [5.74, 6) is 0.0982. The van der Waals surface area contributed by atoms with Gasteiger partial charge >= 0.3 is 0 Å². The van der Waals surface area contributed by atoms with Gasteiger partial charge in [-0.05, 0) is 24.8 Å². The van der Waals surface area contributed by atoms with Crippen LogP contribution in [0.2, 0.25) is 0 Å². The van der Waals surface area contributed by atoms with E-state index in [1.165, 1.54) is 5.56 Å². The maximum atomic E-state index is 11.9. The topological polar surface area (TPSA) is 55.1 Å². The third-order valence-corrected chi connectivity index (χ3v) is 3.15. The van der Waals surface area contributed by atoms with Crippen molar-refractivity contribution in [3.05, 3.63) is 35.9 Å². The lowest BCUT2D eigenvalue weighted by atomic mass is 9.85. The first-order valence-electron chi connectivity index (χ1n) is 6.58. The Kier molecular flexibility index (Phi) is 5.86. The number of rotatable bonds is 7. The summed E-state index contributed by atoms with van der Waals surface area (Å²) >= 11 is 0. The molecule has 0 heterocycles. The number of nitrogens with two attached hydrogens (primary N) is 1. The number of benzene rings is 1. The molecule has 1 amide bonds. The lowest BCUT2D eigenvalue weighted by Gasteiger charge is -2.23. The monoisotopic (exact) mass is 248 g/mol. The van der Waals surface area contributed by atoms with E-state index in [9.17, 15) is 4.79 Å². The summed E-state index contributed by atoms with van der Waals surface area (Å²) in [6.45, 7) is 5.03. The molecule has 3 N–H and O–H groups in total. The van der Waals surface area contributed by atoms with Crippen molar-refractivity contribution in [1.29, 1.82) is 0 Å². The highest BCUT2D eigenvalue weighted by Crippen LogP contribution is 2.23. The van der Waals surface area contributed by atoms with Crippen LogP contribution in [0.15, 0.2) is 30.3 Å². The van der Waals surface area contributed by atoms with Crippen LogP contribution in [0.5, 0.6) is 0 Å². The molecule has 0 saturated carbocycles. The van der Waals surface area contributed by atoms with Crippen LogP contribution in [0.1, 0.15) is 32.3 Å². The van der Waals surface area contributed by atoms with Crippen LogP contribution in [0, 0.1) is 5.41 Å². The van der Waals surface area contributed by atoms with E-state index in [1.807, 2.05) is 19.9 Å². The molecule has 100 valence electrons. The summed E-state index contributed by atoms with van der Waals surface area (Å²) in [5, 5.41) is 2.86. The van der Waals surface area contributed by atoms with E-state index >= 15 is 0 Å². The van der Waals surface area contributed by atoms with E-state index in [-0.39, 0.29) is 11.3 Å². The van der Waals surface area contributed by atoms with Gasteiger partial charge in [0.1, 0.15) is 0 Å². The Balaban J connectivity index is 2.35. The van der Waals surface area contributed by atoms with E-state index in [4.69, 9.17) is 5.73 Å². The first-order valence-corrected chi connectivity index (χ1v) is 6.58. The van der Waals surface area contributed by atoms with Gasteiger partial charge in [-0.3, -0.25) is 4.79 Å². The van der Waals surface area contributed by atoms with Gasteiger partial charge in [0.2, 0.25) is 5.91 Å². The van der Waals surface area contributed by atoms with Crippen molar-refractivity contribution < 1.29 is 4.79 Å². The minimum absolute atomic E-state index is 0.0982. The van der Waals surface area contributed by atoms with Gasteiger partial charge in [-0.1, -0.05) is 44.2 Å². The van der Waals surface area contributed by atoms with Crippen LogP contribution in [0.4, 0.5) is 0 Å². The average Bonchev–Trinajstić information content (AvgIpc) is 2.37. The molecule has 0 bridgehead atoms. The Morgan fingerprint density at radius 3 is 2.56 bits per heavy atom. The van der Waals surface area contributed by atoms with Crippen LogP contribution in [-0.2, 0) is 11.2 Å². The number of carbonyl (C=O) groups is 1. The van der Waals surface area contributed by atoms with Crippen LogP contribution in [0.25, 0.3) is 0 Å². The second-order valence-corrected chi connectivity index (χ2v) is 5.27. The predicted molar refractivity (Wildman–Crippen MR) is 75.2 cm³/mol. The fourth-order valence-electron chi connectivity index (χ4n) is 1.92. The first kappa shape index (κ1) is 14.7. The molecular formula is C15H24N2O. The summed E-state index contributed by atoms with van der Waals surface area (Å²) in [4.78, 5) is 11.9. The molecule has 3 nitrogen and oxygen atoms in total. The Bertz CT molecular complexity index is 360. The highest BCUT2D eigenvalue weighted by Gasteiger charge is 2.26. The van der Waals surface area contributed by atoms with Crippen molar-refractivity contribution in [2.24, 2.45) is 11.1 Å². The summed E-state index contributed by atoms with van der Waals surface area (Å²) in [6.07, 6.45) is 2.93. The molecule has 0 radical (unpaired) electrons. The Morgan fingerprint density at radius 1 is 1.28 bits per heavy atom. The van der Waals surface area contributed by atoms with Gasteiger partial charge in [-0.15, -0.1) is 0 Å². The van der Waals surface area contributed by atoms with Crippen LogP contribution in [0.3, 0.4) is 0 Å². The Morgan fingerprint density at radius 2 is 1.94 bits per heavy atom. The highest BCUT2D eigenvalue weighted by molar-refractivity contribution is 5.81. The quantitative estimate of drug-likeness (QED) is 0.776. The van der Waals surface area contributed by atoms with E-state index in [0.29, 0.717) is 13.1 Å². The molecule has 0 fully saturated rings. The molecule has 18 heavy (non-hydrogen) atoms. The normalized spacial score (nSPS) is 11.3.